The van der Waals surface area contributed by atoms with E-state index < -0.39 is 11.9 Å². The van der Waals surface area contributed by atoms with E-state index in [1.165, 1.54) is 26.0 Å². The fourth-order valence-corrected chi connectivity index (χ4v) is 4.20. The summed E-state index contributed by atoms with van der Waals surface area (Å²) in [5.74, 6) is 1.32. The molecule has 3 aromatic carbocycles. The van der Waals surface area contributed by atoms with Crippen LogP contribution < -0.4 is 9.47 Å². The van der Waals surface area contributed by atoms with Crippen LogP contribution in [0, 0.1) is 0 Å². The lowest BCUT2D eigenvalue weighted by atomic mass is 10.1. The van der Waals surface area contributed by atoms with Gasteiger partial charge in [0.1, 0.15) is 5.69 Å². The maximum atomic E-state index is 13.6. The highest BCUT2D eigenvalue weighted by molar-refractivity contribution is 7.98. The molecule has 0 atom stereocenters. The Morgan fingerprint density at radius 3 is 2.34 bits per heavy atom. The van der Waals surface area contributed by atoms with Crippen molar-refractivity contribution in [3.05, 3.63) is 78.0 Å². The number of hydrogen-bond donors (Lipinski definition) is 0. The first-order valence-corrected chi connectivity index (χ1v) is 10.7. The topological polar surface area (TPSA) is 44.2 Å². The zero-order chi connectivity index (χ0) is 22.7. The Morgan fingerprint density at radius 1 is 0.844 bits per heavy atom. The van der Waals surface area contributed by atoms with Gasteiger partial charge in [0.25, 0.3) is 0 Å². The second-order valence-corrected chi connectivity index (χ2v) is 7.86. The van der Waals surface area contributed by atoms with Crippen LogP contribution in [0.2, 0.25) is 0 Å². The molecule has 0 saturated carbocycles. The third kappa shape index (κ3) is 4.65. The average Bonchev–Trinajstić information content (AvgIpc) is 2.81. The fourth-order valence-electron chi connectivity index (χ4n) is 3.34. The number of thioether (sulfide) groups is 1. The van der Waals surface area contributed by atoms with Gasteiger partial charge in [0.15, 0.2) is 16.7 Å². The predicted molar refractivity (Wildman–Crippen MR) is 119 cm³/mol. The van der Waals surface area contributed by atoms with Crippen LogP contribution in [-0.4, -0.2) is 24.2 Å². The molecule has 0 fully saturated rings. The van der Waals surface area contributed by atoms with Gasteiger partial charge >= 0.3 is 6.18 Å². The molecule has 4 rings (SSSR count). The maximum absolute atomic E-state index is 13.6. The van der Waals surface area contributed by atoms with Crippen LogP contribution in [0.25, 0.3) is 22.0 Å². The first-order valence-electron chi connectivity index (χ1n) is 9.67. The van der Waals surface area contributed by atoms with Gasteiger partial charge in [-0.05, 0) is 40.6 Å². The Morgan fingerprint density at radius 2 is 1.59 bits per heavy atom. The van der Waals surface area contributed by atoms with Gasteiger partial charge in [0.2, 0.25) is 0 Å². The quantitative estimate of drug-likeness (QED) is 0.241. The van der Waals surface area contributed by atoms with Crippen molar-refractivity contribution < 1.29 is 22.6 Å². The Bertz CT molecular complexity index is 1260. The van der Waals surface area contributed by atoms with Gasteiger partial charge in [-0.25, -0.2) is 9.97 Å². The minimum Gasteiger partial charge on any atom is -0.493 e. The lowest BCUT2D eigenvalue weighted by Crippen LogP contribution is -2.10. The Kier molecular flexibility index (Phi) is 6.23. The van der Waals surface area contributed by atoms with Crippen molar-refractivity contribution >= 4 is 22.5 Å². The molecule has 1 aromatic heterocycles. The van der Waals surface area contributed by atoms with Crippen LogP contribution in [0.15, 0.2) is 71.9 Å². The minimum atomic E-state index is -4.59. The lowest BCUT2D eigenvalue weighted by molar-refractivity contribution is -0.141. The molecule has 0 aliphatic rings. The van der Waals surface area contributed by atoms with Gasteiger partial charge in [-0.2, -0.15) is 13.2 Å². The van der Waals surface area contributed by atoms with Crippen molar-refractivity contribution in [3.8, 4) is 22.8 Å². The van der Waals surface area contributed by atoms with E-state index in [9.17, 15) is 13.2 Å². The molecule has 164 valence electrons. The SMILES string of the molecule is COc1ccc(-c2cc(C(F)(F)F)nc(SCc3cccc4ccccc34)n2)cc1OC. The summed E-state index contributed by atoms with van der Waals surface area (Å²) in [5.41, 5.74) is 0.649. The van der Waals surface area contributed by atoms with E-state index in [1.807, 2.05) is 42.5 Å². The molecule has 0 aliphatic heterocycles. The summed E-state index contributed by atoms with van der Waals surface area (Å²) >= 11 is 1.17. The molecule has 0 saturated heterocycles. The number of methoxy groups -OCH3 is 2. The molecule has 8 heteroatoms. The summed E-state index contributed by atoms with van der Waals surface area (Å²) < 4.78 is 51.2. The Labute approximate surface area is 187 Å². The number of nitrogens with zero attached hydrogens (tertiary/aromatic N) is 2. The van der Waals surface area contributed by atoms with Crippen LogP contribution in [0.5, 0.6) is 11.5 Å². The van der Waals surface area contributed by atoms with Crippen molar-refractivity contribution in [2.75, 3.05) is 14.2 Å². The number of halogens is 3. The first kappa shape index (κ1) is 22.0. The largest absolute Gasteiger partial charge is 0.493 e. The lowest BCUT2D eigenvalue weighted by Gasteiger charge is -2.13. The second kappa shape index (κ2) is 9.08. The normalized spacial score (nSPS) is 11.5. The number of aromatic nitrogens is 2. The molecule has 0 bridgehead atoms. The van der Waals surface area contributed by atoms with Gasteiger partial charge in [-0.15, -0.1) is 0 Å². The molecular weight excluding hydrogens is 437 g/mol. The third-order valence-corrected chi connectivity index (χ3v) is 5.81. The Hall–Kier alpha value is -3.26. The van der Waals surface area contributed by atoms with Crippen molar-refractivity contribution in [1.82, 2.24) is 9.97 Å². The van der Waals surface area contributed by atoms with Crippen molar-refractivity contribution in [1.29, 1.82) is 0 Å². The summed E-state index contributed by atoms with van der Waals surface area (Å²) in [5, 5.41) is 2.17. The maximum Gasteiger partial charge on any atom is 0.433 e. The number of fused-ring (bicyclic) bond motifs is 1. The van der Waals surface area contributed by atoms with Crippen LogP contribution >= 0.6 is 11.8 Å². The predicted octanol–water partition coefficient (Wildman–Crippen LogP) is 6.63. The zero-order valence-electron chi connectivity index (χ0n) is 17.3. The summed E-state index contributed by atoms with van der Waals surface area (Å²) in [6, 6.07) is 19.6. The molecule has 4 aromatic rings. The van der Waals surface area contributed by atoms with E-state index in [4.69, 9.17) is 9.47 Å². The third-order valence-electron chi connectivity index (χ3n) is 4.91. The van der Waals surface area contributed by atoms with Gasteiger partial charge in [0, 0.05) is 11.3 Å². The van der Waals surface area contributed by atoms with Crippen LogP contribution in [-0.2, 0) is 11.9 Å². The number of alkyl halides is 3. The van der Waals surface area contributed by atoms with Gasteiger partial charge in [-0.3, -0.25) is 0 Å². The van der Waals surface area contributed by atoms with Gasteiger partial charge in [0.05, 0.1) is 19.9 Å². The van der Waals surface area contributed by atoms with E-state index in [0.29, 0.717) is 22.8 Å². The highest BCUT2D eigenvalue weighted by Crippen LogP contribution is 2.36. The monoisotopic (exact) mass is 456 g/mol. The number of benzene rings is 3. The van der Waals surface area contributed by atoms with E-state index in [-0.39, 0.29) is 10.9 Å². The highest BCUT2D eigenvalue weighted by atomic mass is 32.2. The van der Waals surface area contributed by atoms with Crippen LogP contribution in [0.3, 0.4) is 0 Å². The van der Waals surface area contributed by atoms with Crippen molar-refractivity contribution in [2.24, 2.45) is 0 Å². The molecule has 1 heterocycles. The minimum absolute atomic E-state index is 0.0533. The standard InChI is InChI=1S/C24H19F3N2O2S/c1-30-20-11-10-16(12-21(20)31-2)19-13-22(24(25,26)27)29-23(28-19)32-14-17-8-5-7-15-6-3-4-9-18(15)17/h3-13H,14H2,1-2H3. The van der Waals surface area contributed by atoms with E-state index >= 15 is 0 Å². The molecule has 4 nitrogen and oxygen atoms in total. The number of ether oxygens (including phenoxy) is 2. The second-order valence-electron chi connectivity index (χ2n) is 6.92. The summed E-state index contributed by atoms with van der Waals surface area (Å²) in [6.45, 7) is 0. The fraction of sp³-hybridized carbons (Fsp3) is 0.167. The molecule has 32 heavy (non-hydrogen) atoms. The van der Waals surface area contributed by atoms with Gasteiger partial charge in [-0.1, -0.05) is 54.2 Å². The van der Waals surface area contributed by atoms with Crippen LogP contribution in [0.4, 0.5) is 13.2 Å². The summed E-state index contributed by atoms with van der Waals surface area (Å²) in [6.07, 6.45) is -4.59. The van der Waals surface area contributed by atoms with Crippen molar-refractivity contribution in [3.63, 3.8) is 0 Å². The molecule has 0 radical (unpaired) electrons. The molecular formula is C24H19F3N2O2S. The summed E-state index contributed by atoms with van der Waals surface area (Å²) in [4.78, 5) is 8.17. The average molecular weight is 456 g/mol. The smallest absolute Gasteiger partial charge is 0.433 e. The molecule has 0 aliphatic carbocycles. The van der Waals surface area contributed by atoms with E-state index in [0.717, 1.165) is 22.4 Å². The Balaban J connectivity index is 1.71. The number of rotatable bonds is 6. The molecule has 0 amide bonds. The molecule has 0 unspecified atom stereocenters. The number of hydrogen-bond acceptors (Lipinski definition) is 5. The highest BCUT2D eigenvalue weighted by Gasteiger charge is 2.34. The first-order chi connectivity index (χ1) is 15.4. The van der Waals surface area contributed by atoms with E-state index in [1.54, 1.807) is 18.2 Å². The van der Waals surface area contributed by atoms with Gasteiger partial charge < -0.3 is 9.47 Å². The molecule has 0 N–H and O–H groups in total. The zero-order valence-corrected chi connectivity index (χ0v) is 18.1. The van der Waals surface area contributed by atoms with E-state index in [2.05, 4.69) is 9.97 Å². The van der Waals surface area contributed by atoms with Crippen LogP contribution in [0.1, 0.15) is 11.3 Å². The molecule has 0 spiro atoms. The van der Waals surface area contributed by atoms with Crippen molar-refractivity contribution in [2.45, 2.75) is 17.1 Å². The summed E-state index contributed by atoms with van der Waals surface area (Å²) in [7, 11) is 2.96.